The van der Waals surface area contributed by atoms with Crippen LogP contribution in [0.5, 0.6) is 0 Å². The number of sulfonamides is 1. The smallest absolute Gasteiger partial charge is 0.255 e. The lowest BCUT2D eigenvalue weighted by molar-refractivity contribution is -0.114. The van der Waals surface area contributed by atoms with Crippen LogP contribution in [0.25, 0.3) is 0 Å². The number of hydrogen-bond donors (Lipinski definition) is 2. The summed E-state index contributed by atoms with van der Waals surface area (Å²) in [7, 11) is -0.883. The quantitative estimate of drug-likeness (QED) is 0.726. The first-order valence-electron chi connectivity index (χ1n) is 7.94. The molecule has 2 aromatic carbocycles. The molecule has 0 unspecified atom stereocenters. The van der Waals surface area contributed by atoms with Gasteiger partial charge in [0.05, 0.1) is 16.3 Å². The molecule has 27 heavy (non-hydrogen) atoms. The number of aryl methyl sites for hydroxylation is 1. The first-order valence-corrected chi connectivity index (χ1v) is 10.2. The van der Waals surface area contributed by atoms with E-state index in [1.165, 1.54) is 39.2 Å². The average molecular weight is 454 g/mol. The third kappa shape index (κ3) is 4.94. The van der Waals surface area contributed by atoms with Gasteiger partial charge in [-0.2, -0.15) is 0 Å². The SMILES string of the molecule is CC(=O)Nc1ccc(C)cc1NC(=O)c1ccc(Br)c(S(=O)(=O)N(C)C)c1. The van der Waals surface area contributed by atoms with Crippen molar-refractivity contribution in [2.24, 2.45) is 0 Å². The van der Waals surface area contributed by atoms with Crippen LogP contribution < -0.4 is 10.6 Å². The van der Waals surface area contributed by atoms with Gasteiger partial charge in [0.2, 0.25) is 15.9 Å². The fourth-order valence-corrected chi connectivity index (χ4v) is 4.14. The van der Waals surface area contributed by atoms with E-state index >= 15 is 0 Å². The lowest BCUT2D eigenvalue weighted by atomic mass is 10.1. The summed E-state index contributed by atoms with van der Waals surface area (Å²) in [6, 6.07) is 9.55. The molecule has 0 aliphatic rings. The Morgan fingerprint density at radius 3 is 2.26 bits per heavy atom. The van der Waals surface area contributed by atoms with Gasteiger partial charge in [0, 0.05) is 31.1 Å². The Labute approximate surface area is 166 Å². The van der Waals surface area contributed by atoms with Crippen LogP contribution >= 0.6 is 15.9 Å². The fourth-order valence-electron chi connectivity index (χ4n) is 2.29. The zero-order valence-corrected chi connectivity index (χ0v) is 17.7. The van der Waals surface area contributed by atoms with Crippen LogP contribution in [0, 0.1) is 6.92 Å². The van der Waals surface area contributed by atoms with E-state index in [0.29, 0.717) is 15.8 Å². The second-order valence-electron chi connectivity index (χ2n) is 6.12. The Morgan fingerprint density at radius 1 is 1.00 bits per heavy atom. The van der Waals surface area contributed by atoms with Gasteiger partial charge < -0.3 is 10.6 Å². The van der Waals surface area contributed by atoms with Gasteiger partial charge in [0.25, 0.3) is 5.91 Å². The molecule has 2 N–H and O–H groups in total. The van der Waals surface area contributed by atoms with Gasteiger partial charge in [-0.15, -0.1) is 0 Å². The molecule has 0 atom stereocenters. The number of nitrogens with zero attached hydrogens (tertiary/aromatic N) is 1. The molecule has 9 heteroatoms. The summed E-state index contributed by atoms with van der Waals surface area (Å²) in [6.45, 7) is 3.23. The fraction of sp³-hybridized carbons (Fsp3) is 0.222. The van der Waals surface area contributed by atoms with Crippen molar-refractivity contribution >= 4 is 49.1 Å². The van der Waals surface area contributed by atoms with Crippen LogP contribution in [0.3, 0.4) is 0 Å². The summed E-state index contributed by atoms with van der Waals surface area (Å²) in [5.41, 5.74) is 1.95. The minimum absolute atomic E-state index is 0.00789. The number of halogens is 1. The second kappa shape index (κ2) is 8.20. The van der Waals surface area contributed by atoms with Gasteiger partial charge in [-0.3, -0.25) is 9.59 Å². The minimum Gasteiger partial charge on any atom is -0.325 e. The van der Waals surface area contributed by atoms with Crippen LogP contribution in [-0.2, 0) is 14.8 Å². The molecular weight excluding hydrogens is 434 g/mol. The van der Waals surface area contributed by atoms with E-state index in [4.69, 9.17) is 0 Å². The van der Waals surface area contributed by atoms with E-state index in [0.717, 1.165) is 9.87 Å². The van der Waals surface area contributed by atoms with Crippen molar-refractivity contribution in [1.29, 1.82) is 0 Å². The number of carbonyl (C=O) groups excluding carboxylic acids is 2. The number of nitrogens with one attached hydrogen (secondary N) is 2. The third-order valence-electron chi connectivity index (χ3n) is 3.69. The number of benzene rings is 2. The van der Waals surface area contributed by atoms with Gasteiger partial charge in [-0.05, 0) is 58.7 Å². The molecule has 0 aromatic heterocycles. The summed E-state index contributed by atoms with van der Waals surface area (Å²) in [4.78, 5) is 24.0. The molecule has 2 amide bonds. The summed E-state index contributed by atoms with van der Waals surface area (Å²) in [6.07, 6.45) is 0. The van der Waals surface area contributed by atoms with E-state index in [1.807, 2.05) is 13.0 Å². The maximum absolute atomic E-state index is 12.7. The standard InChI is InChI=1S/C18H20BrN3O4S/c1-11-5-8-15(20-12(2)23)16(9-11)21-18(24)13-6-7-14(19)17(10-13)27(25,26)22(3)4/h5-10H,1-4H3,(H,20,23)(H,21,24). The largest absolute Gasteiger partial charge is 0.325 e. The van der Waals surface area contributed by atoms with Crippen molar-refractivity contribution in [3.8, 4) is 0 Å². The zero-order chi connectivity index (χ0) is 20.4. The molecule has 0 saturated carbocycles. The Morgan fingerprint density at radius 2 is 1.67 bits per heavy atom. The normalized spacial score (nSPS) is 11.3. The predicted octanol–water partition coefficient (Wildman–Crippen LogP) is 3.22. The van der Waals surface area contributed by atoms with E-state index in [9.17, 15) is 18.0 Å². The highest BCUT2D eigenvalue weighted by atomic mass is 79.9. The molecule has 7 nitrogen and oxygen atoms in total. The first-order chi connectivity index (χ1) is 12.5. The molecule has 0 heterocycles. The molecule has 144 valence electrons. The van der Waals surface area contributed by atoms with Crippen LogP contribution in [-0.4, -0.2) is 38.6 Å². The van der Waals surface area contributed by atoms with Crippen molar-refractivity contribution in [3.05, 3.63) is 52.0 Å². The monoisotopic (exact) mass is 453 g/mol. The molecule has 2 rings (SSSR count). The molecule has 0 spiro atoms. The minimum atomic E-state index is -3.72. The van der Waals surface area contributed by atoms with Gasteiger partial charge in [-0.25, -0.2) is 12.7 Å². The van der Waals surface area contributed by atoms with Crippen LogP contribution in [0.2, 0.25) is 0 Å². The Bertz CT molecular complexity index is 1000. The number of carbonyl (C=O) groups is 2. The van der Waals surface area contributed by atoms with E-state index in [2.05, 4.69) is 26.6 Å². The Balaban J connectivity index is 2.40. The summed E-state index contributed by atoms with van der Waals surface area (Å²) in [5.74, 6) is -0.757. The van der Waals surface area contributed by atoms with E-state index < -0.39 is 15.9 Å². The predicted molar refractivity (Wildman–Crippen MR) is 108 cm³/mol. The van der Waals surface area contributed by atoms with Crippen molar-refractivity contribution in [2.75, 3.05) is 24.7 Å². The van der Waals surface area contributed by atoms with Gasteiger partial charge in [-0.1, -0.05) is 6.07 Å². The van der Waals surface area contributed by atoms with Crippen LogP contribution in [0.15, 0.2) is 45.8 Å². The van der Waals surface area contributed by atoms with E-state index in [-0.39, 0.29) is 16.4 Å². The molecule has 0 radical (unpaired) electrons. The van der Waals surface area contributed by atoms with Crippen molar-refractivity contribution in [2.45, 2.75) is 18.7 Å². The molecule has 2 aromatic rings. The third-order valence-corrected chi connectivity index (χ3v) is 6.49. The average Bonchev–Trinajstić information content (AvgIpc) is 2.57. The highest BCUT2D eigenvalue weighted by molar-refractivity contribution is 9.10. The second-order valence-corrected chi connectivity index (χ2v) is 9.09. The molecule has 0 bridgehead atoms. The van der Waals surface area contributed by atoms with Crippen LogP contribution in [0.1, 0.15) is 22.8 Å². The highest BCUT2D eigenvalue weighted by Crippen LogP contribution is 2.27. The van der Waals surface area contributed by atoms with Gasteiger partial charge >= 0.3 is 0 Å². The highest BCUT2D eigenvalue weighted by Gasteiger charge is 2.22. The Kier molecular flexibility index (Phi) is 6.40. The lowest BCUT2D eigenvalue weighted by Gasteiger charge is -2.15. The summed E-state index contributed by atoms with van der Waals surface area (Å²) in [5, 5.41) is 5.38. The first kappa shape index (κ1) is 21.1. The molecule has 0 aliphatic carbocycles. The maximum Gasteiger partial charge on any atom is 0.255 e. The number of amides is 2. The molecule has 0 fully saturated rings. The van der Waals surface area contributed by atoms with Crippen LogP contribution in [0.4, 0.5) is 11.4 Å². The van der Waals surface area contributed by atoms with Crippen molar-refractivity contribution in [3.63, 3.8) is 0 Å². The molecule has 0 saturated heterocycles. The van der Waals surface area contributed by atoms with E-state index in [1.54, 1.807) is 12.1 Å². The number of anilines is 2. The summed E-state index contributed by atoms with van der Waals surface area (Å²) < 4.78 is 26.3. The van der Waals surface area contributed by atoms with Crippen molar-refractivity contribution < 1.29 is 18.0 Å². The Hall–Kier alpha value is -2.23. The molecular formula is C18H20BrN3O4S. The van der Waals surface area contributed by atoms with Gasteiger partial charge in [0.1, 0.15) is 0 Å². The topological polar surface area (TPSA) is 95.6 Å². The van der Waals surface area contributed by atoms with Gasteiger partial charge in [0.15, 0.2) is 0 Å². The molecule has 0 aliphatic heterocycles. The summed E-state index contributed by atoms with van der Waals surface area (Å²) >= 11 is 3.21. The van der Waals surface area contributed by atoms with Crippen molar-refractivity contribution in [1.82, 2.24) is 4.31 Å². The zero-order valence-electron chi connectivity index (χ0n) is 15.3. The maximum atomic E-state index is 12.7. The number of hydrogen-bond acceptors (Lipinski definition) is 4. The number of rotatable bonds is 5. The lowest BCUT2D eigenvalue weighted by Crippen LogP contribution is -2.23.